The van der Waals surface area contributed by atoms with Crippen LogP contribution in [0.3, 0.4) is 0 Å². The molecular weight excluding hydrogens is 306 g/mol. The number of amides is 2. The number of nitrogens with one attached hydrogen (secondary N) is 1. The molecule has 7 heteroatoms. The summed E-state index contributed by atoms with van der Waals surface area (Å²) in [6, 6.07) is -0.391. The van der Waals surface area contributed by atoms with Gasteiger partial charge in [0.25, 0.3) is 0 Å². The summed E-state index contributed by atoms with van der Waals surface area (Å²) in [5.41, 5.74) is 1.19. The fraction of sp³-hybridized carbons (Fsp3) is 0.706. The van der Waals surface area contributed by atoms with Crippen LogP contribution in [0.4, 0.5) is 0 Å². The number of nitrogens with zero attached hydrogens (tertiary/aromatic N) is 4. The minimum absolute atomic E-state index is 0.0512. The lowest BCUT2D eigenvalue weighted by Gasteiger charge is -2.26. The number of carbonyl (C=O) groups excluding carboxylic acids is 2. The van der Waals surface area contributed by atoms with Crippen molar-refractivity contribution in [3.8, 4) is 0 Å². The molecule has 2 amide bonds. The summed E-state index contributed by atoms with van der Waals surface area (Å²) in [7, 11) is 1.92. The van der Waals surface area contributed by atoms with Gasteiger partial charge in [0.1, 0.15) is 6.04 Å². The number of carbonyl (C=O) groups is 2. The van der Waals surface area contributed by atoms with Crippen molar-refractivity contribution < 1.29 is 9.59 Å². The average Bonchev–Trinajstić information content (AvgIpc) is 2.80. The Bertz CT molecular complexity index is 557. The Hall–Kier alpha value is -1.89. The van der Waals surface area contributed by atoms with Crippen molar-refractivity contribution in [3.63, 3.8) is 0 Å². The molecule has 2 heterocycles. The lowest BCUT2D eigenvalue weighted by atomic mass is 10.1. The van der Waals surface area contributed by atoms with Crippen LogP contribution in [0.5, 0.6) is 0 Å². The van der Waals surface area contributed by atoms with Crippen LogP contribution in [0.25, 0.3) is 0 Å². The average molecular weight is 335 g/mol. The van der Waals surface area contributed by atoms with Crippen molar-refractivity contribution in [2.24, 2.45) is 7.05 Å². The summed E-state index contributed by atoms with van der Waals surface area (Å²) in [5.74, 6) is -0.0925. The van der Waals surface area contributed by atoms with E-state index in [-0.39, 0.29) is 11.8 Å². The van der Waals surface area contributed by atoms with Gasteiger partial charge in [-0.1, -0.05) is 13.3 Å². The Labute approximate surface area is 144 Å². The number of hydrogen-bond donors (Lipinski definition) is 1. The van der Waals surface area contributed by atoms with E-state index >= 15 is 0 Å². The Morgan fingerprint density at radius 3 is 2.71 bits per heavy atom. The van der Waals surface area contributed by atoms with Crippen molar-refractivity contribution in [2.75, 3.05) is 26.2 Å². The molecule has 1 aromatic rings. The molecule has 1 saturated heterocycles. The van der Waals surface area contributed by atoms with Gasteiger partial charge in [0.05, 0.1) is 6.20 Å². The van der Waals surface area contributed by atoms with Crippen LogP contribution in [-0.2, 0) is 23.2 Å². The van der Waals surface area contributed by atoms with Crippen LogP contribution >= 0.6 is 0 Å². The SMILES string of the molecule is CCC[C@H](NC(C)=O)C(=O)N1CCCN(Cc2cnn(C)c2)CC1. The molecule has 134 valence electrons. The van der Waals surface area contributed by atoms with E-state index in [1.807, 2.05) is 35.9 Å². The van der Waals surface area contributed by atoms with Gasteiger partial charge in [0.2, 0.25) is 11.8 Å². The van der Waals surface area contributed by atoms with Crippen LogP contribution in [0.15, 0.2) is 12.4 Å². The molecule has 0 aliphatic carbocycles. The molecule has 1 aliphatic rings. The summed E-state index contributed by atoms with van der Waals surface area (Å²) in [6.07, 6.45) is 6.43. The molecule has 1 fully saturated rings. The van der Waals surface area contributed by atoms with Crippen molar-refractivity contribution >= 4 is 11.8 Å². The molecule has 0 radical (unpaired) electrons. The first-order chi connectivity index (χ1) is 11.5. The van der Waals surface area contributed by atoms with Gasteiger partial charge in [-0.3, -0.25) is 19.2 Å². The summed E-state index contributed by atoms with van der Waals surface area (Å²) in [6.45, 7) is 7.63. The predicted molar refractivity (Wildman–Crippen MR) is 92.2 cm³/mol. The van der Waals surface area contributed by atoms with E-state index in [9.17, 15) is 9.59 Å². The zero-order chi connectivity index (χ0) is 17.5. The van der Waals surface area contributed by atoms with Crippen LogP contribution in [0.2, 0.25) is 0 Å². The molecule has 1 N–H and O–H groups in total. The molecule has 0 bridgehead atoms. The smallest absolute Gasteiger partial charge is 0.245 e. The first kappa shape index (κ1) is 18.4. The minimum Gasteiger partial charge on any atom is -0.345 e. The monoisotopic (exact) mass is 335 g/mol. The van der Waals surface area contributed by atoms with Crippen LogP contribution in [-0.4, -0.2) is 63.6 Å². The molecule has 24 heavy (non-hydrogen) atoms. The summed E-state index contributed by atoms with van der Waals surface area (Å²) >= 11 is 0. The molecule has 0 spiro atoms. The van der Waals surface area contributed by atoms with Crippen LogP contribution in [0, 0.1) is 0 Å². The van der Waals surface area contributed by atoms with Gasteiger partial charge in [-0.25, -0.2) is 0 Å². The van der Waals surface area contributed by atoms with E-state index in [0.717, 1.165) is 39.0 Å². The van der Waals surface area contributed by atoms with Gasteiger partial charge >= 0.3 is 0 Å². The van der Waals surface area contributed by atoms with Crippen molar-refractivity contribution in [1.82, 2.24) is 24.9 Å². The summed E-state index contributed by atoms with van der Waals surface area (Å²) in [5, 5.41) is 7.00. The second-order valence-corrected chi connectivity index (χ2v) is 6.52. The Morgan fingerprint density at radius 2 is 2.08 bits per heavy atom. The summed E-state index contributed by atoms with van der Waals surface area (Å²) < 4.78 is 1.81. The quantitative estimate of drug-likeness (QED) is 0.833. The van der Waals surface area contributed by atoms with E-state index in [4.69, 9.17) is 0 Å². The molecule has 7 nitrogen and oxygen atoms in total. The molecule has 1 aliphatic heterocycles. The number of rotatable bonds is 6. The normalized spacial score (nSPS) is 17.4. The molecular formula is C17H29N5O2. The third-order valence-electron chi connectivity index (χ3n) is 4.32. The van der Waals surface area contributed by atoms with E-state index in [2.05, 4.69) is 15.3 Å². The van der Waals surface area contributed by atoms with E-state index in [1.165, 1.54) is 12.5 Å². The zero-order valence-corrected chi connectivity index (χ0v) is 15.0. The number of aromatic nitrogens is 2. The van der Waals surface area contributed by atoms with Gasteiger partial charge in [-0.15, -0.1) is 0 Å². The predicted octanol–water partition coefficient (Wildman–Crippen LogP) is 0.759. The highest BCUT2D eigenvalue weighted by Gasteiger charge is 2.26. The minimum atomic E-state index is -0.391. The Balaban J connectivity index is 1.90. The van der Waals surface area contributed by atoms with Gasteiger partial charge in [0, 0.05) is 58.5 Å². The van der Waals surface area contributed by atoms with Crippen molar-refractivity contribution in [2.45, 2.75) is 45.7 Å². The Kier molecular flexibility index (Phi) is 6.78. The highest BCUT2D eigenvalue weighted by Crippen LogP contribution is 2.11. The van der Waals surface area contributed by atoms with Gasteiger partial charge in [0.15, 0.2) is 0 Å². The van der Waals surface area contributed by atoms with Gasteiger partial charge in [-0.05, 0) is 12.8 Å². The molecule has 1 aromatic heterocycles. The van der Waals surface area contributed by atoms with E-state index in [1.54, 1.807) is 0 Å². The second-order valence-electron chi connectivity index (χ2n) is 6.52. The molecule has 0 saturated carbocycles. The van der Waals surface area contributed by atoms with Crippen molar-refractivity contribution in [1.29, 1.82) is 0 Å². The standard InChI is InChI=1S/C17H29N5O2/c1-4-6-16(19-14(2)23)17(24)22-8-5-7-21(9-10-22)13-15-11-18-20(3)12-15/h11-12,16H,4-10,13H2,1-3H3,(H,19,23)/t16-/m0/s1. The Morgan fingerprint density at radius 1 is 1.29 bits per heavy atom. The first-order valence-corrected chi connectivity index (χ1v) is 8.75. The first-order valence-electron chi connectivity index (χ1n) is 8.75. The van der Waals surface area contributed by atoms with Gasteiger partial charge < -0.3 is 10.2 Å². The highest BCUT2D eigenvalue weighted by atomic mass is 16.2. The number of aryl methyl sites for hydroxylation is 1. The van der Waals surface area contributed by atoms with Crippen LogP contribution in [0.1, 0.15) is 38.7 Å². The fourth-order valence-electron chi connectivity index (χ4n) is 3.17. The molecule has 2 rings (SSSR count). The lowest BCUT2D eigenvalue weighted by Crippen LogP contribution is -2.49. The summed E-state index contributed by atoms with van der Waals surface area (Å²) in [4.78, 5) is 28.3. The van der Waals surface area contributed by atoms with E-state index in [0.29, 0.717) is 13.0 Å². The largest absolute Gasteiger partial charge is 0.345 e. The topological polar surface area (TPSA) is 70.5 Å². The zero-order valence-electron chi connectivity index (χ0n) is 15.0. The van der Waals surface area contributed by atoms with Crippen LogP contribution < -0.4 is 5.32 Å². The molecule has 0 aromatic carbocycles. The maximum absolute atomic E-state index is 12.7. The highest BCUT2D eigenvalue weighted by molar-refractivity contribution is 5.86. The molecule has 0 unspecified atom stereocenters. The fourth-order valence-corrected chi connectivity index (χ4v) is 3.17. The van der Waals surface area contributed by atoms with Crippen molar-refractivity contribution in [3.05, 3.63) is 18.0 Å². The maximum atomic E-state index is 12.7. The third kappa shape index (κ3) is 5.33. The second kappa shape index (κ2) is 8.82. The number of hydrogen-bond acceptors (Lipinski definition) is 4. The van der Waals surface area contributed by atoms with Gasteiger partial charge in [-0.2, -0.15) is 5.10 Å². The lowest BCUT2D eigenvalue weighted by molar-refractivity contribution is -0.136. The maximum Gasteiger partial charge on any atom is 0.245 e. The van der Waals surface area contributed by atoms with E-state index < -0.39 is 6.04 Å². The molecule has 1 atom stereocenters. The third-order valence-corrected chi connectivity index (χ3v) is 4.32.